The molecule has 1 aromatic carbocycles. The van der Waals surface area contributed by atoms with Crippen molar-refractivity contribution >= 4 is 12.0 Å². The molecule has 1 rings (SSSR count). The third kappa shape index (κ3) is 2.22. The normalized spacial score (nSPS) is 10.7. The van der Waals surface area contributed by atoms with Crippen molar-refractivity contribution in [2.24, 2.45) is 0 Å². The fraction of sp³-hybridized carbons (Fsp3) is 0.250. The van der Waals surface area contributed by atoms with Gasteiger partial charge in [0.2, 0.25) is 0 Å². The van der Waals surface area contributed by atoms with Gasteiger partial charge in [-0.3, -0.25) is 0 Å². The van der Waals surface area contributed by atoms with Crippen LogP contribution >= 0.6 is 0 Å². The molecule has 0 bridgehead atoms. The summed E-state index contributed by atoms with van der Waals surface area (Å²) in [6.07, 6.45) is 4.51. The molecule has 0 radical (unpaired) electrons. The lowest BCUT2D eigenvalue weighted by Crippen LogP contribution is -2.00. The van der Waals surface area contributed by atoms with Gasteiger partial charge in [-0.15, -0.1) is 0 Å². The molecule has 14 heavy (non-hydrogen) atoms. The molecule has 0 heterocycles. The first kappa shape index (κ1) is 10.5. The van der Waals surface area contributed by atoms with Gasteiger partial charge in [0.25, 0.3) is 0 Å². The van der Waals surface area contributed by atoms with Crippen LogP contribution in [-0.2, 0) is 6.42 Å². The predicted octanol–water partition coefficient (Wildman–Crippen LogP) is 2.98. The minimum atomic E-state index is -0.867. The van der Waals surface area contributed by atoms with Crippen molar-refractivity contribution in [3.8, 4) is 0 Å². The third-order valence-electron chi connectivity index (χ3n) is 2.10. The molecule has 2 nitrogen and oxygen atoms in total. The maximum absolute atomic E-state index is 10.9. The number of rotatable bonds is 3. The van der Waals surface area contributed by atoms with E-state index in [2.05, 4.69) is 0 Å². The minimum Gasteiger partial charge on any atom is -0.478 e. The Morgan fingerprint density at radius 3 is 2.71 bits per heavy atom. The highest BCUT2D eigenvalue weighted by molar-refractivity contribution is 5.92. The van der Waals surface area contributed by atoms with E-state index in [1.165, 1.54) is 0 Å². The number of carboxylic acid groups (broad SMARTS) is 1. The van der Waals surface area contributed by atoms with Gasteiger partial charge in [0.15, 0.2) is 0 Å². The summed E-state index contributed by atoms with van der Waals surface area (Å²) >= 11 is 0. The number of carboxylic acids is 1. The molecule has 0 saturated heterocycles. The van der Waals surface area contributed by atoms with Gasteiger partial charge in [0.1, 0.15) is 0 Å². The van der Waals surface area contributed by atoms with Crippen molar-refractivity contribution in [3.05, 3.63) is 41.0 Å². The standard InChI is InChI=1S/C12H14O2/c1-3-5-10-7-6-9(4-2)8-11(10)12(13)14/h3,5-8H,4H2,1-2H3,(H,13,14). The molecule has 0 atom stereocenters. The monoisotopic (exact) mass is 190 g/mol. The van der Waals surface area contributed by atoms with Gasteiger partial charge in [0.05, 0.1) is 5.56 Å². The lowest BCUT2D eigenvalue weighted by Gasteiger charge is -2.03. The first-order chi connectivity index (χ1) is 6.69. The van der Waals surface area contributed by atoms with Crippen molar-refractivity contribution < 1.29 is 9.90 Å². The number of carbonyl (C=O) groups is 1. The molecule has 0 unspecified atom stereocenters. The number of hydrogen-bond acceptors (Lipinski definition) is 1. The van der Waals surface area contributed by atoms with Crippen LogP contribution in [0.3, 0.4) is 0 Å². The number of hydrogen-bond donors (Lipinski definition) is 1. The Hall–Kier alpha value is -1.57. The molecule has 0 aliphatic rings. The predicted molar refractivity (Wildman–Crippen MR) is 57.5 cm³/mol. The second-order valence-electron chi connectivity index (χ2n) is 3.08. The lowest BCUT2D eigenvalue weighted by molar-refractivity contribution is 0.0696. The Bertz CT molecular complexity index is 365. The van der Waals surface area contributed by atoms with Crippen LogP contribution < -0.4 is 0 Å². The van der Waals surface area contributed by atoms with Gasteiger partial charge in [-0.05, 0) is 30.5 Å². The molecule has 0 aliphatic heterocycles. The first-order valence-electron chi connectivity index (χ1n) is 4.68. The molecule has 1 aromatic rings. The quantitative estimate of drug-likeness (QED) is 0.795. The van der Waals surface area contributed by atoms with Crippen LogP contribution in [0.5, 0.6) is 0 Å². The number of allylic oxidation sites excluding steroid dienone is 1. The van der Waals surface area contributed by atoms with Crippen LogP contribution in [0.2, 0.25) is 0 Å². The summed E-state index contributed by atoms with van der Waals surface area (Å²) in [4.78, 5) is 10.9. The van der Waals surface area contributed by atoms with Crippen LogP contribution in [-0.4, -0.2) is 11.1 Å². The molecule has 0 saturated carbocycles. The summed E-state index contributed by atoms with van der Waals surface area (Å²) in [6.45, 7) is 3.88. The van der Waals surface area contributed by atoms with Gasteiger partial charge >= 0.3 is 5.97 Å². The van der Waals surface area contributed by atoms with E-state index in [0.29, 0.717) is 5.56 Å². The van der Waals surface area contributed by atoms with Crippen molar-refractivity contribution in [3.63, 3.8) is 0 Å². The van der Waals surface area contributed by atoms with Crippen LogP contribution in [0.4, 0.5) is 0 Å². The molecule has 1 N–H and O–H groups in total. The zero-order valence-electron chi connectivity index (χ0n) is 8.45. The Morgan fingerprint density at radius 2 is 2.21 bits per heavy atom. The smallest absolute Gasteiger partial charge is 0.336 e. The van der Waals surface area contributed by atoms with Gasteiger partial charge < -0.3 is 5.11 Å². The van der Waals surface area contributed by atoms with E-state index in [1.807, 2.05) is 38.1 Å². The fourth-order valence-corrected chi connectivity index (χ4v) is 1.33. The number of aryl methyl sites for hydroxylation is 1. The highest BCUT2D eigenvalue weighted by Gasteiger charge is 2.07. The van der Waals surface area contributed by atoms with Gasteiger partial charge in [-0.1, -0.05) is 31.2 Å². The summed E-state index contributed by atoms with van der Waals surface area (Å²) in [5, 5.41) is 8.98. The van der Waals surface area contributed by atoms with E-state index in [-0.39, 0.29) is 0 Å². The average Bonchev–Trinajstić information content (AvgIpc) is 2.18. The van der Waals surface area contributed by atoms with Gasteiger partial charge in [-0.2, -0.15) is 0 Å². The molecular weight excluding hydrogens is 176 g/mol. The Labute approximate surface area is 83.9 Å². The number of benzene rings is 1. The van der Waals surface area contributed by atoms with E-state index in [0.717, 1.165) is 17.5 Å². The largest absolute Gasteiger partial charge is 0.478 e. The molecule has 0 amide bonds. The van der Waals surface area contributed by atoms with Crippen molar-refractivity contribution in [2.45, 2.75) is 20.3 Å². The van der Waals surface area contributed by atoms with E-state index >= 15 is 0 Å². The molecule has 74 valence electrons. The maximum atomic E-state index is 10.9. The highest BCUT2D eigenvalue weighted by atomic mass is 16.4. The van der Waals surface area contributed by atoms with Crippen LogP contribution in [0.1, 0.15) is 35.3 Å². The van der Waals surface area contributed by atoms with Crippen LogP contribution in [0.15, 0.2) is 24.3 Å². The van der Waals surface area contributed by atoms with Gasteiger partial charge in [-0.25, -0.2) is 4.79 Å². The third-order valence-corrected chi connectivity index (χ3v) is 2.10. The molecular formula is C12H14O2. The zero-order chi connectivity index (χ0) is 10.6. The molecule has 2 heteroatoms. The SMILES string of the molecule is CC=Cc1ccc(CC)cc1C(=O)O. The molecule has 0 spiro atoms. The summed E-state index contributed by atoms with van der Waals surface area (Å²) in [7, 11) is 0. The van der Waals surface area contributed by atoms with E-state index in [4.69, 9.17) is 5.11 Å². The Balaban J connectivity index is 3.23. The minimum absolute atomic E-state index is 0.377. The van der Waals surface area contributed by atoms with Crippen LogP contribution in [0, 0.1) is 0 Å². The van der Waals surface area contributed by atoms with E-state index in [1.54, 1.807) is 6.07 Å². The Kier molecular flexibility index (Phi) is 3.46. The molecule has 0 aromatic heterocycles. The maximum Gasteiger partial charge on any atom is 0.336 e. The summed E-state index contributed by atoms with van der Waals surface area (Å²) < 4.78 is 0. The van der Waals surface area contributed by atoms with Gasteiger partial charge in [0, 0.05) is 0 Å². The topological polar surface area (TPSA) is 37.3 Å². The van der Waals surface area contributed by atoms with Crippen molar-refractivity contribution in [1.82, 2.24) is 0 Å². The summed E-state index contributed by atoms with van der Waals surface area (Å²) in [5.41, 5.74) is 2.19. The second kappa shape index (κ2) is 4.61. The Morgan fingerprint density at radius 1 is 1.50 bits per heavy atom. The highest BCUT2D eigenvalue weighted by Crippen LogP contribution is 2.14. The van der Waals surface area contributed by atoms with E-state index < -0.39 is 5.97 Å². The van der Waals surface area contributed by atoms with Crippen molar-refractivity contribution in [1.29, 1.82) is 0 Å². The van der Waals surface area contributed by atoms with Crippen molar-refractivity contribution in [2.75, 3.05) is 0 Å². The molecule has 0 aliphatic carbocycles. The second-order valence-corrected chi connectivity index (χ2v) is 3.08. The lowest BCUT2D eigenvalue weighted by atomic mass is 10.0. The summed E-state index contributed by atoms with van der Waals surface area (Å²) in [6, 6.07) is 5.54. The van der Waals surface area contributed by atoms with Crippen LogP contribution in [0.25, 0.3) is 6.08 Å². The van der Waals surface area contributed by atoms with E-state index in [9.17, 15) is 4.79 Å². The fourth-order valence-electron chi connectivity index (χ4n) is 1.33. The summed E-state index contributed by atoms with van der Waals surface area (Å²) in [5.74, 6) is -0.867. The first-order valence-corrected chi connectivity index (χ1v) is 4.68. The average molecular weight is 190 g/mol. The number of aromatic carboxylic acids is 1. The molecule has 0 fully saturated rings. The zero-order valence-corrected chi connectivity index (χ0v) is 8.45.